The summed E-state index contributed by atoms with van der Waals surface area (Å²) < 4.78 is 0. The van der Waals surface area contributed by atoms with E-state index >= 15 is 0 Å². The van der Waals surface area contributed by atoms with Crippen LogP contribution < -0.4 is 5.32 Å². The molecule has 2 atom stereocenters. The molecule has 0 saturated carbocycles. The summed E-state index contributed by atoms with van der Waals surface area (Å²) in [7, 11) is 0. The Bertz CT molecular complexity index is 752. The van der Waals surface area contributed by atoms with E-state index in [1.54, 1.807) is 16.7 Å². The summed E-state index contributed by atoms with van der Waals surface area (Å²) in [5.41, 5.74) is 1.03. The Morgan fingerprint density at radius 2 is 1.59 bits per heavy atom. The van der Waals surface area contributed by atoms with Crippen molar-refractivity contribution in [1.29, 1.82) is 0 Å². The molecule has 0 aromatic heterocycles. The van der Waals surface area contributed by atoms with Gasteiger partial charge in [0.1, 0.15) is 6.04 Å². The zero-order valence-corrected chi connectivity index (χ0v) is 18.5. The van der Waals surface area contributed by atoms with Crippen LogP contribution in [0.1, 0.15) is 45.6 Å². The molecule has 2 amide bonds. The van der Waals surface area contributed by atoms with E-state index in [0.29, 0.717) is 25.1 Å². The minimum absolute atomic E-state index is 0.0171. The van der Waals surface area contributed by atoms with Crippen LogP contribution >= 0.6 is 11.8 Å². The van der Waals surface area contributed by atoms with Gasteiger partial charge in [-0.05, 0) is 37.5 Å². The third-order valence-electron chi connectivity index (χ3n) is 4.91. The number of hydrogen-bond acceptors (Lipinski definition) is 3. The molecule has 0 heterocycles. The minimum Gasteiger partial charge on any atom is -0.352 e. The van der Waals surface area contributed by atoms with E-state index in [1.807, 2.05) is 81.4 Å². The lowest BCUT2D eigenvalue weighted by atomic mass is 10.1. The molecular weight excluding hydrogens is 380 g/mol. The first-order valence-electron chi connectivity index (χ1n) is 10.4. The van der Waals surface area contributed by atoms with Gasteiger partial charge in [0.2, 0.25) is 11.8 Å². The molecule has 29 heavy (non-hydrogen) atoms. The van der Waals surface area contributed by atoms with Gasteiger partial charge < -0.3 is 10.2 Å². The fraction of sp³-hybridized carbons (Fsp3) is 0.417. The van der Waals surface area contributed by atoms with Crippen LogP contribution in [0.4, 0.5) is 0 Å². The van der Waals surface area contributed by atoms with Gasteiger partial charge in [0.25, 0.3) is 0 Å². The zero-order chi connectivity index (χ0) is 21.1. The molecule has 2 rings (SSSR count). The highest BCUT2D eigenvalue weighted by atomic mass is 32.2. The molecule has 0 aliphatic rings. The van der Waals surface area contributed by atoms with Crippen molar-refractivity contribution in [3.63, 3.8) is 0 Å². The Morgan fingerprint density at radius 1 is 0.966 bits per heavy atom. The molecule has 0 unspecified atom stereocenters. The molecule has 0 aliphatic carbocycles. The molecule has 2 aromatic carbocycles. The summed E-state index contributed by atoms with van der Waals surface area (Å²) in [6.45, 7) is 6.44. The highest BCUT2D eigenvalue weighted by Gasteiger charge is 2.28. The summed E-state index contributed by atoms with van der Waals surface area (Å²) in [5, 5.41) is 3.05. The van der Waals surface area contributed by atoms with Gasteiger partial charge in [0.15, 0.2) is 0 Å². The van der Waals surface area contributed by atoms with E-state index in [2.05, 4.69) is 5.32 Å². The Labute approximate surface area is 179 Å². The zero-order valence-electron chi connectivity index (χ0n) is 17.6. The molecule has 5 heteroatoms. The Morgan fingerprint density at radius 3 is 2.17 bits per heavy atom. The topological polar surface area (TPSA) is 49.4 Å². The number of thioether (sulfide) groups is 1. The van der Waals surface area contributed by atoms with Crippen LogP contribution in [-0.4, -0.2) is 34.6 Å². The van der Waals surface area contributed by atoms with Crippen LogP contribution in [-0.2, 0) is 16.1 Å². The van der Waals surface area contributed by atoms with Gasteiger partial charge in [-0.3, -0.25) is 9.59 Å². The van der Waals surface area contributed by atoms with Crippen molar-refractivity contribution in [2.75, 3.05) is 5.75 Å². The Hall–Kier alpha value is -2.27. The monoisotopic (exact) mass is 412 g/mol. The highest BCUT2D eigenvalue weighted by Crippen LogP contribution is 2.20. The summed E-state index contributed by atoms with van der Waals surface area (Å²) >= 11 is 1.67. The van der Waals surface area contributed by atoms with Crippen LogP contribution in [0.25, 0.3) is 0 Å². The molecule has 0 spiro atoms. The van der Waals surface area contributed by atoms with E-state index in [4.69, 9.17) is 0 Å². The number of rotatable bonds is 11. The number of benzene rings is 2. The van der Waals surface area contributed by atoms with Gasteiger partial charge in [0.05, 0.1) is 0 Å². The lowest BCUT2D eigenvalue weighted by Crippen LogP contribution is -2.50. The van der Waals surface area contributed by atoms with Crippen molar-refractivity contribution in [2.45, 2.75) is 63.6 Å². The molecular formula is C24H32N2O2S. The summed E-state index contributed by atoms with van der Waals surface area (Å²) in [5.74, 6) is 0.641. The third-order valence-corrected chi connectivity index (χ3v) is 5.92. The first-order chi connectivity index (χ1) is 14.0. The molecule has 1 N–H and O–H groups in total. The number of nitrogens with one attached hydrogen (secondary N) is 1. The molecule has 0 bridgehead atoms. The van der Waals surface area contributed by atoms with Gasteiger partial charge in [-0.25, -0.2) is 0 Å². The minimum atomic E-state index is -0.460. The fourth-order valence-corrected chi connectivity index (χ4v) is 3.92. The number of hydrogen-bond donors (Lipinski definition) is 1. The van der Waals surface area contributed by atoms with Crippen molar-refractivity contribution in [3.05, 3.63) is 66.2 Å². The first kappa shape index (κ1) is 23.0. The predicted molar refractivity (Wildman–Crippen MR) is 121 cm³/mol. The standard InChI is InChI=1S/C24H32N2O2S/c1-4-19(3)25-24(28)22(5-2)26(18-20-12-8-6-9-13-20)23(27)16-17-29-21-14-10-7-11-15-21/h6-15,19,22H,4-5,16-18H2,1-3H3,(H,25,28)/t19-,22-/m0/s1. The second kappa shape index (κ2) is 12.3. The van der Waals surface area contributed by atoms with Crippen LogP contribution in [0.5, 0.6) is 0 Å². The molecule has 4 nitrogen and oxygen atoms in total. The van der Waals surface area contributed by atoms with Gasteiger partial charge in [-0.1, -0.05) is 62.4 Å². The summed E-state index contributed by atoms with van der Waals surface area (Å²) in [6.07, 6.45) is 1.86. The third kappa shape index (κ3) is 7.58. The largest absolute Gasteiger partial charge is 0.352 e. The predicted octanol–water partition coefficient (Wildman–Crippen LogP) is 4.89. The average molecular weight is 413 g/mol. The van der Waals surface area contributed by atoms with Gasteiger partial charge in [0, 0.05) is 29.7 Å². The SMILES string of the molecule is CC[C@H](C)NC(=O)[C@H](CC)N(Cc1ccccc1)C(=O)CCSc1ccccc1. The normalized spacial score (nSPS) is 12.8. The highest BCUT2D eigenvalue weighted by molar-refractivity contribution is 7.99. The number of nitrogens with zero attached hydrogens (tertiary/aromatic N) is 1. The second-order valence-electron chi connectivity index (χ2n) is 7.16. The van der Waals surface area contributed by atoms with E-state index in [9.17, 15) is 9.59 Å². The van der Waals surface area contributed by atoms with Crippen LogP contribution in [0.3, 0.4) is 0 Å². The molecule has 0 fully saturated rings. The second-order valence-corrected chi connectivity index (χ2v) is 8.33. The van der Waals surface area contributed by atoms with Gasteiger partial charge in [-0.15, -0.1) is 11.8 Å². The van der Waals surface area contributed by atoms with Crippen molar-refractivity contribution < 1.29 is 9.59 Å². The fourth-order valence-electron chi connectivity index (χ4n) is 3.06. The molecule has 0 aliphatic heterocycles. The maximum atomic E-state index is 13.1. The van der Waals surface area contributed by atoms with E-state index in [0.717, 1.165) is 16.9 Å². The van der Waals surface area contributed by atoms with Crippen molar-refractivity contribution >= 4 is 23.6 Å². The smallest absolute Gasteiger partial charge is 0.243 e. The van der Waals surface area contributed by atoms with E-state index in [-0.39, 0.29) is 17.9 Å². The number of carbonyl (C=O) groups excluding carboxylic acids is 2. The van der Waals surface area contributed by atoms with Crippen molar-refractivity contribution in [1.82, 2.24) is 10.2 Å². The summed E-state index contributed by atoms with van der Waals surface area (Å²) in [6, 6.07) is 19.6. The lowest BCUT2D eigenvalue weighted by molar-refractivity contribution is -0.141. The first-order valence-corrected chi connectivity index (χ1v) is 11.3. The number of carbonyl (C=O) groups is 2. The van der Waals surface area contributed by atoms with Crippen LogP contribution in [0, 0.1) is 0 Å². The summed E-state index contributed by atoms with van der Waals surface area (Å²) in [4.78, 5) is 28.9. The van der Waals surface area contributed by atoms with Gasteiger partial charge in [-0.2, -0.15) is 0 Å². The molecule has 0 radical (unpaired) electrons. The number of amides is 2. The maximum Gasteiger partial charge on any atom is 0.243 e. The molecule has 0 saturated heterocycles. The molecule has 156 valence electrons. The quantitative estimate of drug-likeness (QED) is 0.535. The van der Waals surface area contributed by atoms with Crippen LogP contribution in [0.15, 0.2) is 65.6 Å². The van der Waals surface area contributed by atoms with E-state index < -0.39 is 6.04 Å². The van der Waals surface area contributed by atoms with E-state index in [1.165, 1.54) is 0 Å². The maximum absolute atomic E-state index is 13.1. The van der Waals surface area contributed by atoms with Crippen molar-refractivity contribution in [3.8, 4) is 0 Å². The lowest BCUT2D eigenvalue weighted by Gasteiger charge is -2.31. The molecule has 2 aromatic rings. The van der Waals surface area contributed by atoms with Crippen molar-refractivity contribution in [2.24, 2.45) is 0 Å². The average Bonchev–Trinajstić information content (AvgIpc) is 2.74. The Balaban J connectivity index is 2.09. The van der Waals surface area contributed by atoms with Crippen LogP contribution in [0.2, 0.25) is 0 Å². The Kier molecular flexibility index (Phi) is 9.78. The van der Waals surface area contributed by atoms with Gasteiger partial charge >= 0.3 is 0 Å².